The molecule has 1 heterocycles. The number of hydrogen-bond donors (Lipinski definition) is 1. The van der Waals surface area contributed by atoms with Gasteiger partial charge in [0.05, 0.1) is 25.0 Å². The molecular weight excluding hydrogens is 428 g/mol. The van der Waals surface area contributed by atoms with Crippen molar-refractivity contribution in [2.45, 2.75) is 20.8 Å². The van der Waals surface area contributed by atoms with Crippen molar-refractivity contribution in [1.29, 1.82) is 0 Å². The van der Waals surface area contributed by atoms with Crippen molar-refractivity contribution in [3.8, 4) is 11.5 Å². The molecule has 0 bridgehead atoms. The first-order valence-electron chi connectivity index (χ1n) is 11.2. The third kappa shape index (κ3) is 4.81. The molecule has 1 aliphatic heterocycles. The maximum Gasteiger partial charge on any atom is 0.282 e. The summed E-state index contributed by atoms with van der Waals surface area (Å²) in [7, 11) is 1.59. The zero-order chi connectivity index (χ0) is 24.2. The summed E-state index contributed by atoms with van der Waals surface area (Å²) < 4.78 is 11.0. The largest absolute Gasteiger partial charge is 0.497 e. The zero-order valence-corrected chi connectivity index (χ0v) is 19.8. The van der Waals surface area contributed by atoms with Crippen molar-refractivity contribution in [1.82, 2.24) is 0 Å². The summed E-state index contributed by atoms with van der Waals surface area (Å²) in [6.07, 6.45) is 0. The van der Waals surface area contributed by atoms with Crippen LogP contribution in [0.5, 0.6) is 11.5 Å². The van der Waals surface area contributed by atoms with Gasteiger partial charge in [0.15, 0.2) is 0 Å². The molecule has 4 rings (SSSR count). The molecule has 3 aromatic rings. The first-order chi connectivity index (χ1) is 16.4. The van der Waals surface area contributed by atoms with Crippen LogP contribution in [0.1, 0.15) is 25.0 Å². The fourth-order valence-electron chi connectivity index (χ4n) is 3.64. The molecule has 34 heavy (non-hydrogen) atoms. The van der Waals surface area contributed by atoms with Gasteiger partial charge in [-0.25, -0.2) is 4.90 Å². The summed E-state index contributed by atoms with van der Waals surface area (Å²) in [5.74, 6) is 1.01. The summed E-state index contributed by atoms with van der Waals surface area (Å²) >= 11 is 0. The van der Waals surface area contributed by atoms with Gasteiger partial charge < -0.3 is 14.8 Å². The number of benzene rings is 3. The quantitative estimate of drug-likeness (QED) is 0.458. The highest BCUT2D eigenvalue weighted by atomic mass is 16.5. The third-order valence-electron chi connectivity index (χ3n) is 5.46. The fraction of sp³-hybridized carbons (Fsp3) is 0.214. The summed E-state index contributed by atoms with van der Waals surface area (Å²) in [6, 6.07) is 21.8. The van der Waals surface area contributed by atoms with Gasteiger partial charge in [-0.3, -0.25) is 9.59 Å². The first kappa shape index (κ1) is 23.1. The van der Waals surface area contributed by atoms with E-state index in [-0.39, 0.29) is 11.6 Å². The second kappa shape index (κ2) is 9.83. The number of carbonyl (C=O) groups is 2. The first-order valence-corrected chi connectivity index (χ1v) is 11.2. The lowest BCUT2D eigenvalue weighted by Gasteiger charge is -2.16. The van der Waals surface area contributed by atoms with E-state index < -0.39 is 5.91 Å². The van der Waals surface area contributed by atoms with Crippen LogP contribution in [-0.4, -0.2) is 25.5 Å². The van der Waals surface area contributed by atoms with E-state index in [2.05, 4.69) is 19.2 Å². The number of methoxy groups -OCH3 is 1. The van der Waals surface area contributed by atoms with E-state index in [1.807, 2.05) is 31.2 Å². The van der Waals surface area contributed by atoms with Gasteiger partial charge in [0.1, 0.15) is 17.2 Å². The SMILES string of the molecule is COc1ccc(NC2=C(c3ccc(C)cc3)C(=O)N(c3ccc(OCC(C)C)cc3)C2=O)cc1. The number of hydrogen-bond acceptors (Lipinski definition) is 5. The van der Waals surface area contributed by atoms with E-state index in [1.54, 1.807) is 55.6 Å². The molecule has 174 valence electrons. The van der Waals surface area contributed by atoms with Crippen molar-refractivity contribution in [3.05, 3.63) is 89.6 Å². The van der Waals surface area contributed by atoms with Crippen LogP contribution in [0.25, 0.3) is 5.57 Å². The van der Waals surface area contributed by atoms with E-state index in [9.17, 15) is 9.59 Å². The molecule has 0 unspecified atom stereocenters. The Morgan fingerprint density at radius 3 is 2.03 bits per heavy atom. The number of carbonyl (C=O) groups excluding carboxylic acids is 2. The Kier molecular flexibility index (Phi) is 6.68. The van der Waals surface area contributed by atoms with E-state index >= 15 is 0 Å². The Morgan fingerprint density at radius 2 is 1.44 bits per heavy atom. The number of amides is 2. The highest BCUT2D eigenvalue weighted by Crippen LogP contribution is 2.34. The van der Waals surface area contributed by atoms with Crippen LogP contribution in [-0.2, 0) is 9.59 Å². The van der Waals surface area contributed by atoms with Crippen LogP contribution in [0.4, 0.5) is 11.4 Å². The second-order valence-electron chi connectivity index (χ2n) is 8.61. The molecule has 6 heteroatoms. The predicted molar refractivity (Wildman–Crippen MR) is 134 cm³/mol. The number of rotatable bonds is 8. The Morgan fingerprint density at radius 1 is 0.824 bits per heavy atom. The van der Waals surface area contributed by atoms with Crippen molar-refractivity contribution in [2.24, 2.45) is 5.92 Å². The molecule has 1 N–H and O–H groups in total. The van der Waals surface area contributed by atoms with Crippen LogP contribution in [0, 0.1) is 12.8 Å². The Hall–Kier alpha value is -4.06. The van der Waals surface area contributed by atoms with Gasteiger partial charge in [0.25, 0.3) is 11.8 Å². The molecule has 0 aliphatic carbocycles. The van der Waals surface area contributed by atoms with Gasteiger partial charge in [-0.05, 0) is 66.9 Å². The minimum absolute atomic E-state index is 0.235. The lowest BCUT2D eigenvalue weighted by molar-refractivity contribution is -0.120. The van der Waals surface area contributed by atoms with Gasteiger partial charge in [-0.1, -0.05) is 43.7 Å². The highest BCUT2D eigenvalue weighted by Gasteiger charge is 2.40. The van der Waals surface area contributed by atoms with Gasteiger partial charge in [0, 0.05) is 5.69 Å². The van der Waals surface area contributed by atoms with Crippen molar-refractivity contribution >= 4 is 28.8 Å². The molecule has 0 radical (unpaired) electrons. The number of nitrogens with one attached hydrogen (secondary N) is 1. The average molecular weight is 457 g/mol. The molecule has 3 aromatic carbocycles. The summed E-state index contributed by atoms with van der Waals surface area (Å²) in [6.45, 7) is 6.72. The molecule has 2 amide bonds. The number of nitrogens with zero attached hydrogens (tertiary/aromatic N) is 1. The normalized spacial score (nSPS) is 13.6. The maximum atomic E-state index is 13.6. The summed E-state index contributed by atoms with van der Waals surface area (Å²) in [5, 5.41) is 3.17. The molecule has 0 fully saturated rings. The lowest BCUT2D eigenvalue weighted by Crippen LogP contribution is -2.32. The lowest BCUT2D eigenvalue weighted by atomic mass is 10.0. The van der Waals surface area contributed by atoms with Crippen LogP contribution >= 0.6 is 0 Å². The van der Waals surface area contributed by atoms with Crippen LogP contribution in [0.15, 0.2) is 78.5 Å². The second-order valence-corrected chi connectivity index (χ2v) is 8.61. The minimum atomic E-state index is -0.410. The average Bonchev–Trinajstić information content (AvgIpc) is 3.08. The summed E-state index contributed by atoms with van der Waals surface area (Å²) in [4.78, 5) is 28.3. The van der Waals surface area contributed by atoms with Gasteiger partial charge >= 0.3 is 0 Å². The Balaban J connectivity index is 1.68. The van der Waals surface area contributed by atoms with Crippen molar-refractivity contribution in [3.63, 3.8) is 0 Å². The molecule has 0 saturated heterocycles. The highest BCUT2D eigenvalue weighted by molar-refractivity contribution is 6.46. The summed E-state index contributed by atoms with van der Waals surface area (Å²) in [5.41, 5.74) is 3.49. The molecule has 0 spiro atoms. The van der Waals surface area contributed by atoms with Crippen molar-refractivity contribution < 1.29 is 19.1 Å². The van der Waals surface area contributed by atoms with E-state index in [0.717, 1.165) is 5.56 Å². The van der Waals surface area contributed by atoms with Crippen LogP contribution in [0.3, 0.4) is 0 Å². The van der Waals surface area contributed by atoms with E-state index in [4.69, 9.17) is 9.47 Å². The van der Waals surface area contributed by atoms with Gasteiger partial charge in [-0.2, -0.15) is 0 Å². The van der Waals surface area contributed by atoms with E-state index in [0.29, 0.717) is 46.5 Å². The monoisotopic (exact) mass is 456 g/mol. The smallest absolute Gasteiger partial charge is 0.282 e. The molecular formula is C28H28N2O4. The number of ether oxygens (including phenoxy) is 2. The molecule has 0 aromatic heterocycles. The fourth-order valence-corrected chi connectivity index (χ4v) is 3.64. The van der Waals surface area contributed by atoms with E-state index in [1.165, 1.54) is 4.90 Å². The molecule has 1 aliphatic rings. The number of imide groups is 1. The topological polar surface area (TPSA) is 67.9 Å². The molecule has 0 saturated carbocycles. The molecule has 6 nitrogen and oxygen atoms in total. The molecule has 0 atom stereocenters. The third-order valence-corrected chi connectivity index (χ3v) is 5.46. The minimum Gasteiger partial charge on any atom is -0.497 e. The number of aryl methyl sites for hydroxylation is 1. The Labute approximate surface area is 199 Å². The van der Waals surface area contributed by atoms with Crippen molar-refractivity contribution in [2.75, 3.05) is 23.9 Å². The van der Waals surface area contributed by atoms with Crippen LogP contribution < -0.4 is 19.7 Å². The Bertz CT molecular complexity index is 1210. The number of anilines is 2. The standard InChI is InChI=1S/C28H28N2O4/c1-18(2)17-34-24-15-11-22(12-16-24)30-27(31)25(20-7-5-19(3)6-8-20)26(28(30)32)29-21-9-13-23(33-4)14-10-21/h5-16,18,29H,17H2,1-4H3. The van der Waals surface area contributed by atoms with Crippen LogP contribution in [0.2, 0.25) is 0 Å². The van der Waals surface area contributed by atoms with Gasteiger partial charge in [0.2, 0.25) is 0 Å². The predicted octanol–water partition coefficient (Wildman–Crippen LogP) is 5.44. The maximum absolute atomic E-state index is 13.6. The van der Waals surface area contributed by atoms with Gasteiger partial charge in [-0.15, -0.1) is 0 Å². The zero-order valence-electron chi connectivity index (χ0n) is 19.8.